The van der Waals surface area contributed by atoms with Gasteiger partial charge in [-0.15, -0.1) is 0 Å². The van der Waals surface area contributed by atoms with Crippen LogP contribution in [0.15, 0.2) is 39.9 Å². The number of nitrogens with zero attached hydrogens (tertiary/aromatic N) is 4. The minimum absolute atomic E-state index is 0.0653. The molecule has 28 heavy (non-hydrogen) atoms. The highest BCUT2D eigenvalue weighted by Crippen LogP contribution is 2.29. The number of carbonyl (C=O) groups is 1. The highest BCUT2D eigenvalue weighted by Gasteiger charge is 2.34. The molecule has 2 aliphatic rings. The van der Waals surface area contributed by atoms with Crippen molar-refractivity contribution in [3.8, 4) is 5.69 Å². The number of fused-ring (bicyclic) bond motifs is 1. The summed E-state index contributed by atoms with van der Waals surface area (Å²) >= 11 is 1.31. The SMILES string of the molecule is CC1=NN2C(=N)/C(=C\c3cc(C)n(-c4cc(C)cc(C)c4)c3C)C(=O)N=C2S1. The summed E-state index contributed by atoms with van der Waals surface area (Å²) in [5.74, 6) is -0.333. The molecule has 0 saturated carbocycles. The number of hydrazone groups is 1. The standard InChI is InChI=1S/C21H21N5OS/c1-11-6-12(2)8-17(7-11)25-13(3)9-16(14(25)4)10-18-19(22)26-21(23-20(18)27)28-15(5)24-26/h6-10,22H,1-5H3/b18-10+,22-19?. The van der Waals surface area contributed by atoms with Crippen LogP contribution in [0.5, 0.6) is 0 Å². The van der Waals surface area contributed by atoms with Crippen molar-refractivity contribution in [2.45, 2.75) is 34.6 Å². The lowest BCUT2D eigenvalue weighted by Gasteiger charge is -2.20. The molecule has 7 heteroatoms. The van der Waals surface area contributed by atoms with E-state index in [4.69, 9.17) is 5.41 Å². The zero-order valence-corrected chi connectivity index (χ0v) is 17.3. The van der Waals surface area contributed by atoms with Gasteiger partial charge in [0.25, 0.3) is 5.91 Å². The number of hydrogen-bond acceptors (Lipinski definition) is 4. The molecule has 0 saturated heterocycles. The number of amides is 1. The maximum Gasteiger partial charge on any atom is 0.283 e. The Morgan fingerprint density at radius 1 is 1.04 bits per heavy atom. The fraction of sp³-hybridized carbons (Fsp3) is 0.238. The van der Waals surface area contributed by atoms with Gasteiger partial charge in [0.1, 0.15) is 0 Å². The van der Waals surface area contributed by atoms with Gasteiger partial charge in [0.05, 0.1) is 10.6 Å². The van der Waals surface area contributed by atoms with Crippen LogP contribution in [0.1, 0.15) is 35.0 Å². The van der Waals surface area contributed by atoms with Crippen molar-refractivity contribution in [1.29, 1.82) is 5.41 Å². The van der Waals surface area contributed by atoms with Gasteiger partial charge in [-0.1, -0.05) is 6.07 Å². The smallest absolute Gasteiger partial charge is 0.283 e. The van der Waals surface area contributed by atoms with Crippen LogP contribution >= 0.6 is 11.8 Å². The predicted octanol–water partition coefficient (Wildman–Crippen LogP) is 4.35. The van der Waals surface area contributed by atoms with Gasteiger partial charge in [-0.25, -0.2) is 0 Å². The summed E-state index contributed by atoms with van der Waals surface area (Å²) in [6, 6.07) is 8.47. The molecule has 2 aliphatic heterocycles. The predicted molar refractivity (Wildman–Crippen MR) is 115 cm³/mol. The Kier molecular flexibility index (Phi) is 4.34. The van der Waals surface area contributed by atoms with Gasteiger partial charge in [0, 0.05) is 17.1 Å². The number of nitrogens with one attached hydrogen (secondary N) is 1. The summed E-state index contributed by atoms with van der Waals surface area (Å²) in [6.07, 6.45) is 1.75. The third-order valence-electron chi connectivity index (χ3n) is 4.79. The molecular formula is C21H21N5OS. The summed E-state index contributed by atoms with van der Waals surface area (Å²) in [5, 5.41) is 15.4. The Morgan fingerprint density at radius 2 is 1.71 bits per heavy atom. The molecule has 3 heterocycles. The lowest BCUT2D eigenvalue weighted by atomic mass is 10.1. The lowest BCUT2D eigenvalue weighted by Crippen LogP contribution is -2.35. The molecule has 4 rings (SSSR count). The first-order valence-electron chi connectivity index (χ1n) is 8.99. The zero-order chi connectivity index (χ0) is 20.2. The number of carbonyl (C=O) groups excluding carboxylic acids is 1. The van der Waals surface area contributed by atoms with Crippen molar-refractivity contribution < 1.29 is 4.79 Å². The van der Waals surface area contributed by atoms with E-state index >= 15 is 0 Å². The number of benzene rings is 1. The molecule has 1 N–H and O–H groups in total. The van der Waals surface area contributed by atoms with Gasteiger partial charge >= 0.3 is 0 Å². The van der Waals surface area contributed by atoms with Crippen LogP contribution in [-0.4, -0.2) is 31.5 Å². The second-order valence-corrected chi connectivity index (χ2v) is 8.31. The first-order chi connectivity index (χ1) is 13.2. The zero-order valence-electron chi connectivity index (χ0n) is 16.5. The molecule has 6 nitrogen and oxygen atoms in total. The van der Waals surface area contributed by atoms with Gasteiger partial charge in [-0.05, 0) is 87.3 Å². The monoisotopic (exact) mass is 391 g/mol. The molecule has 0 aliphatic carbocycles. The number of aromatic nitrogens is 1. The molecule has 1 aromatic heterocycles. The van der Waals surface area contributed by atoms with E-state index in [1.54, 1.807) is 6.08 Å². The third-order valence-corrected chi connectivity index (χ3v) is 5.61. The topological polar surface area (TPSA) is 73.8 Å². The minimum atomic E-state index is -0.398. The first kappa shape index (κ1) is 18.4. The van der Waals surface area contributed by atoms with Crippen LogP contribution in [0.2, 0.25) is 0 Å². The number of rotatable bonds is 2. The summed E-state index contributed by atoms with van der Waals surface area (Å²) < 4.78 is 2.17. The van der Waals surface area contributed by atoms with E-state index in [9.17, 15) is 4.79 Å². The molecule has 0 unspecified atom stereocenters. The molecule has 1 amide bonds. The minimum Gasteiger partial charge on any atom is -0.318 e. The summed E-state index contributed by atoms with van der Waals surface area (Å²) in [6.45, 7) is 10.1. The van der Waals surface area contributed by atoms with E-state index in [0.29, 0.717) is 5.17 Å². The maximum atomic E-state index is 12.5. The van der Waals surface area contributed by atoms with Crippen LogP contribution < -0.4 is 0 Å². The van der Waals surface area contributed by atoms with Gasteiger partial charge < -0.3 is 4.57 Å². The van der Waals surface area contributed by atoms with E-state index in [1.165, 1.54) is 27.9 Å². The molecule has 142 valence electrons. The van der Waals surface area contributed by atoms with E-state index in [0.717, 1.165) is 27.7 Å². The number of aliphatic imine (C=N–C) groups is 1. The lowest BCUT2D eigenvalue weighted by molar-refractivity contribution is -0.114. The van der Waals surface area contributed by atoms with Crippen molar-refractivity contribution in [3.63, 3.8) is 0 Å². The molecule has 0 atom stereocenters. The van der Waals surface area contributed by atoms with Crippen LogP contribution in [0.25, 0.3) is 11.8 Å². The molecule has 0 bridgehead atoms. The molecule has 0 spiro atoms. The normalized spacial score (nSPS) is 17.9. The van der Waals surface area contributed by atoms with Crippen LogP contribution in [-0.2, 0) is 4.79 Å². The average molecular weight is 392 g/mol. The van der Waals surface area contributed by atoms with Crippen molar-refractivity contribution >= 4 is 39.8 Å². The molecule has 1 aromatic carbocycles. The van der Waals surface area contributed by atoms with Crippen molar-refractivity contribution in [2.75, 3.05) is 0 Å². The van der Waals surface area contributed by atoms with E-state index < -0.39 is 5.91 Å². The van der Waals surface area contributed by atoms with Crippen molar-refractivity contribution in [3.05, 3.63) is 57.9 Å². The average Bonchev–Trinajstić information content (AvgIpc) is 3.09. The Balaban J connectivity index is 1.79. The maximum absolute atomic E-state index is 12.5. The number of thioether (sulfide) groups is 1. The number of hydrogen-bond donors (Lipinski definition) is 1. The van der Waals surface area contributed by atoms with Gasteiger partial charge in [-0.2, -0.15) is 15.1 Å². The quantitative estimate of drug-likeness (QED) is 0.774. The van der Waals surface area contributed by atoms with Gasteiger partial charge in [0.15, 0.2) is 5.84 Å². The summed E-state index contributed by atoms with van der Waals surface area (Å²) in [5.41, 5.74) is 6.74. The van der Waals surface area contributed by atoms with Crippen molar-refractivity contribution in [2.24, 2.45) is 10.1 Å². The Morgan fingerprint density at radius 3 is 2.39 bits per heavy atom. The van der Waals surface area contributed by atoms with E-state index in [1.807, 2.05) is 26.8 Å². The molecule has 2 aromatic rings. The second kappa shape index (κ2) is 6.60. The highest BCUT2D eigenvalue weighted by molar-refractivity contribution is 8.26. The van der Waals surface area contributed by atoms with Crippen LogP contribution in [0.4, 0.5) is 0 Å². The fourth-order valence-electron chi connectivity index (χ4n) is 3.65. The van der Waals surface area contributed by atoms with Gasteiger partial charge in [0.2, 0.25) is 5.17 Å². The molecule has 0 fully saturated rings. The number of amidine groups is 2. The van der Waals surface area contributed by atoms with Crippen LogP contribution in [0, 0.1) is 33.1 Å². The third kappa shape index (κ3) is 3.01. The molecule has 0 radical (unpaired) electrons. The second-order valence-electron chi connectivity index (χ2n) is 7.15. The van der Waals surface area contributed by atoms with Gasteiger partial charge in [-0.3, -0.25) is 10.2 Å². The Labute approximate surface area is 168 Å². The highest BCUT2D eigenvalue weighted by atomic mass is 32.2. The Hall–Kier alpha value is -2.93. The first-order valence-corrected chi connectivity index (χ1v) is 9.80. The van der Waals surface area contributed by atoms with Crippen LogP contribution in [0.3, 0.4) is 0 Å². The number of aryl methyl sites for hydroxylation is 3. The Bertz CT molecular complexity index is 1120. The fourth-order valence-corrected chi connectivity index (χ4v) is 4.39. The summed E-state index contributed by atoms with van der Waals surface area (Å²) in [7, 11) is 0. The largest absolute Gasteiger partial charge is 0.318 e. The van der Waals surface area contributed by atoms with E-state index in [2.05, 4.69) is 46.7 Å². The van der Waals surface area contributed by atoms with E-state index in [-0.39, 0.29) is 11.4 Å². The van der Waals surface area contributed by atoms with Crippen molar-refractivity contribution in [1.82, 2.24) is 9.58 Å². The molecular weight excluding hydrogens is 370 g/mol. The summed E-state index contributed by atoms with van der Waals surface area (Å²) in [4.78, 5) is 16.6.